The number of carbonyl (C=O) groups excluding carboxylic acids is 1. The van der Waals surface area contributed by atoms with Crippen LogP contribution in [0.15, 0.2) is 36.5 Å². The number of aromatic nitrogens is 2. The monoisotopic (exact) mass is 368 g/mol. The summed E-state index contributed by atoms with van der Waals surface area (Å²) in [6.07, 6.45) is 3.31. The van der Waals surface area contributed by atoms with Crippen LogP contribution in [0.2, 0.25) is 0 Å². The maximum absolute atomic E-state index is 12.9. The Morgan fingerprint density at radius 2 is 2.11 bits per heavy atom. The van der Waals surface area contributed by atoms with Crippen LogP contribution in [0.4, 0.5) is 11.4 Å². The Kier molecular flexibility index (Phi) is 5.07. The molecular weight excluding hydrogens is 348 g/mol. The second-order valence-corrected chi connectivity index (χ2v) is 6.19. The number of imidazole rings is 1. The molecule has 3 aromatic rings. The number of hydrogen-bond acceptors (Lipinski definition) is 5. The smallest absolute Gasteiger partial charge is 0.312 e. The lowest BCUT2D eigenvalue weighted by molar-refractivity contribution is -0.385. The number of hydrogen-bond donors (Lipinski definition) is 1. The third-order valence-corrected chi connectivity index (χ3v) is 4.19. The lowest BCUT2D eigenvalue weighted by Gasteiger charge is -2.08. The maximum Gasteiger partial charge on any atom is 0.312 e. The van der Waals surface area contributed by atoms with Crippen molar-refractivity contribution in [2.24, 2.45) is 0 Å². The molecule has 1 amide bonds. The SMILES string of the molecule is CCCc1nc2cc(C)ccn2c1C(=O)Nc1ccc(OC)c([N+](=O)[O-])c1. The van der Waals surface area contributed by atoms with Crippen molar-refractivity contribution >= 4 is 22.9 Å². The molecule has 2 heterocycles. The third kappa shape index (κ3) is 3.59. The summed E-state index contributed by atoms with van der Waals surface area (Å²) < 4.78 is 6.73. The van der Waals surface area contributed by atoms with E-state index in [1.54, 1.807) is 10.5 Å². The van der Waals surface area contributed by atoms with Gasteiger partial charge in [-0.3, -0.25) is 19.3 Å². The van der Waals surface area contributed by atoms with Gasteiger partial charge in [-0.2, -0.15) is 0 Å². The minimum absolute atomic E-state index is 0.134. The van der Waals surface area contributed by atoms with Gasteiger partial charge in [0.1, 0.15) is 11.3 Å². The number of nitro groups is 1. The average Bonchev–Trinajstić information content (AvgIpc) is 2.98. The summed E-state index contributed by atoms with van der Waals surface area (Å²) >= 11 is 0. The standard InChI is InChI=1S/C19H20N4O4/c1-4-5-14-18(22-9-8-12(2)10-17(22)21-14)19(24)20-13-6-7-16(27-3)15(11-13)23(25)26/h6-11H,4-5H2,1-3H3,(H,20,24). The van der Waals surface area contributed by atoms with Crippen LogP contribution in [0, 0.1) is 17.0 Å². The van der Waals surface area contributed by atoms with E-state index in [1.165, 1.54) is 19.2 Å². The quantitative estimate of drug-likeness (QED) is 0.527. The highest BCUT2D eigenvalue weighted by Crippen LogP contribution is 2.30. The Morgan fingerprint density at radius 3 is 2.78 bits per heavy atom. The van der Waals surface area contributed by atoms with Crippen molar-refractivity contribution in [3.63, 3.8) is 0 Å². The van der Waals surface area contributed by atoms with Crippen LogP contribution in [-0.2, 0) is 6.42 Å². The van der Waals surface area contributed by atoms with Crippen molar-refractivity contribution in [3.05, 3.63) is 63.6 Å². The Balaban J connectivity index is 2.00. The van der Waals surface area contributed by atoms with E-state index in [0.29, 0.717) is 29.1 Å². The molecule has 0 aliphatic carbocycles. The van der Waals surface area contributed by atoms with Crippen molar-refractivity contribution in [2.75, 3.05) is 12.4 Å². The van der Waals surface area contributed by atoms with E-state index >= 15 is 0 Å². The summed E-state index contributed by atoms with van der Waals surface area (Å²) in [7, 11) is 1.36. The van der Waals surface area contributed by atoms with Crippen LogP contribution < -0.4 is 10.1 Å². The van der Waals surface area contributed by atoms with Crippen LogP contribution >= 0.6 is 0 Å². The van der Waals surface area contributed by atoms with Crippen LogP contribution in [-0.4, -0.2) is 27.3 Å². The molecule has 1 N–H and O–H groups in total. The number of fused-ring (bicyclic) bond motifs is 1. The molecule has 0 spiro atoms. The molecule has 1 aromatic carbocycles. The highest BCUT2D eigenvalue weighted by Gasteiger charge is 2.21. The van der Waals surface area contributed by atoms with E-state index < -0.39 is 4.92 Å². The van der Waals surface area contributed by atoms with Gasteiger partial charge in [0.05, 0.1) is 17.7 Å². The van der Waals surface area contributed by atoms with E-state index in [9.17, 15) is 14.9 Å². The zero-order valence-corrected chi connectivity index (χ0v) is 15.4. The van der Waals surface area contributed by atoms with Crippen LogP contribution in [0.25, 0.3) is 5.65 Å². The molecule has 0 unspecified atom stereocenters. The van der Waals surface area contributed by atoms with Crippen LogP contribution in [0.1, 0.15) is 35.1 Å². The number of rotatable bonds is 6. The van der Waals surface area contributed by atoms with Crippen LogP contribution in [0.5, 0.6) is 5.75 Å². The number of nitro benzene ring substituents is 1. The average molecular weight is 368 g/mol. The summed E-state index contributed by atoms with van der Waals surface area (Å²) in [5.74, 6) is -0.232. The predicted octanol–water partition coefficient (Wildman–Crippen LogP) is 3.76. The number of nitrogens with zero attached hydrogens (tertiary/aromatic N) is 3. The summed E-state index contributed by atoms with van der Waals surface area (Å²) in [6, 6.07) is 8.12. The molecule has 0 atom stereocenters. The molecule has 2 aromatic heterocycles. The zero-order chi connectivity index (χ0) is 19.6. The molecule has 0 aliphatic heterocycles. The fraction of sp³-hybridized carbons (Fsp3) is 0.263. The molecule has 0 saturated heterocycles. The first kappa shape index (κ1) is 18.4. The largest absolute Gasteiger partial charge is 0.490 e. The number of amides is 1. The first-order chi connectivity index (χ1) is 12.9. The van der Waals surface area contributed by atoms with Gasteiger partial charge in [0.15, 0.2) is 5.75 Å². The summed E-state index contributed by atoms with van der Waals surface area (Å²) in [6.45, 7) is 3.98. The van der Waals surface area contributed by atoms with Gasteiger partial charge in [-0.1, -0.05) is 13.3 Å². The lowest BCUT2D eigenvalue weighted by atomic mass is 10.2. The maximum atomic E-state index is 12.9. The normalized spacial score (nSPS) is 10.8. The van der Waals surface area contributed by atoms with Crippen molar-refractivity contribution < 1.29 is 14.5 Å². The van der Waals surface area contributed by atoms with Gasteiger partial charge in [0, 0.05) is 18.0 Å². The van der Waals surface area contributed by atoms with E-state index in [0.717, 1.165) is 12.0 Å². The summed E-state index contributed by atoms with van der Waals surface area (Å²) in [4.78, 5) is 28.1. The number of methoxy groups -OCH3 is 1. The number of aryl methyl sites for hydroxylation is 2. The lowest BCUT2D eigenvalue weighted by Crippen LogP contribution is -2.16. The second-order valence-electron chi connectivity index (χ2n) is 6.19. The number of benzene rings is 1. The molecule has 0 radical (unpaired) electrons. The van der Waals surface area contributed by atoms with Crippen molar-refractivity contribution in [1.29, 1.82) is 0 Å². The topological polar surface area (TPSA) is 98.8 Å². The molecule has 8 heteroatoms. The van der Waals surface area contributed by atoms with Crippen molar-refractivity contribution in [3.8, 4) is 5.75 Å². The van der Waals surface area contributed by atoms with E-state index in [2.05, 4.69) is 10.3 Å². The van der Waals surface area contributed by atoms with Crippen LogP contribution in [0.3, 0.4) is 0 Å². The van der Waals surface area contributed by atoms with E-state index in [1.807, 2.05) is 32.2 Å². The first-order valence-electron chi connectivity index (χ1n) is 8.56. The number of ether oxygens (including phenoxy) is 1. The van der Waals surface area contributed by atoms with Gasteiger partial charge >= 0.3 is 5.69 Å². The molecule has 8 nitrogen and oxygen atoms in total. The number of nitrogens with one attached hydrogen (secondary N) is 1. The van der Waals surface area contributed by atoms with Gasteiger partial charge in [-0.25, -0.2) is 4.98 Å². The molecular formula is C19H20N4O4. The van der Waals surface area contributed by atoms with Crippen molar-refractivity contribution in [2.45, 2.75) is 26.7 Å². The minimum atomic E-state index is -0.548. The Hall–Kier alpha value is -3.42. The van der Waals surface area contributed by atoms with Crippen molar-refractivity contribution in [1.82, 2.24) is 9.38 Å². The molecule has 0 fully saturated rings. The van der Waals surface area contributed by atoms with Gasteiger partial charge in [0.2, 0.25) is 0 Å². The molecule has 27 heavy (non-hydrogen) atoms. The Labute approximate surface area is 155 Å². The zero-order valence-electron chi connectivity index (χ0n) is 15.4. The van der Waals surface area contributed by atoms with Gasteiger partial charge in [-0.15, -0.1) is 0 Å². The van der Waals surface area contributed by atoms with Gasteiger partial charge in [-0.05, 0) is 43.2 Å². The summed E-state index contributed by atoms with van der Waals surface area (Å²) in [5.41, 5.74) is 2.99. The van der Waals surface area contributed by atoms with Gasteiger partial charge < -0.3 is 10.1 Å². The molecule has 0 saturated carbocycles. The molecule has 0 bridgehead atoms. The highest BCUT2D eigenvalue weighted by molar-refractivity contribution is 6.04. The highest BCUT2D eigenvalue weighted by atomic mass is 16.6. The minimum Gasteiger partial charge on any atom is -0.490 e. The predicted molar refractivity (Wildman–Crippen MR) is 102 cm³/mol. The Bertz CT molecular complexity index is 1030. The van der Waals surface area contributed by atoms with Gasteiger partial charge in [0.25, 0.3) is 5.91 Å². The first-order valence-corrected chi connectivity index (χ1v) is 8.56. The Morgan fingerprint density at radius 1 is 1.33 bits per heavy atom. The third-order valence-electron chi connectivity index (χ3n) is 4.19. The number of carbonyl (C=O) groups is 1. The molecule has 3 rings (SSSR count). The number of anilines is 1. The fourth-order valence-corrected chi connectivity index (χ4v) is 2.95. The summed E-state index contributed by atoms with van der Waals surface area (Å²) in [5, 5.41) is 13.9. The van der Waals surface area contributed by atoms with E-state index in [-0.39, 0.29) is 17.3 Å². The number of pyridine rings is 1. The molecule has 140 valence electrons. The fourth-order valence-electron chi connectivity index (χ4n) is 2.95. The molecule has 0 aliphatic rings. The van der Waals surface area contributed by atoms with E-state index in [4.69, 9.17) is 4.74 Å². The second kappa shape index (κ2) is 7.45.